The van der Waals surface area contributed by atoms with Gasteiger partial charge in [0, 0.05) is 24.9 Å². The van der Waals surface area contributed by atoms with Gasteiger partial charge in [0.2, 0.25) is 15.9 Å². The Kier molecular flexibility index (Phi) is 9.19. The lowest BCUT2D eigenvalue weighted by Crippen LogP contribution is -2.52. The molecule has 0 radical (unpaired) electrons. The van der Waals surface area contributed by atoms with E-state index in [1.165, 1.54) is 12.2 Å². The summed E-state index contributed by atoms with van der Waals surface area (Å²) in [5.41, 5.74) is 1.60. The number of anilines is 1. The van der Waals surface area contributed by atoms with E-state index >= 15 is 0 Å². The summed E-state index contributed by atoms with van der Waals surface area (Å²) in [7, 11) is -3.35. The lowest BCUT2D eigenvalue weighted by Gasteiger charge is -2.41. The van der Waals surface area contributed by atoms with Crippen LogP contribution in [0.4, 0.5) is 18.9 Å². The van der Waals surface area contributed by atoms with Crippen molar-refractivity contribution in [3.8, 4) is 0 Å². The van der Waals surface area contributed by atoms with Gasteiger partial charge < -0.3 is 10.0 Å². The van der Waals surface area contributed by atoms with E-state index in [0.29, 0.717) is 44.7 Å². The molecule has 2 aromatic carbocycles. The number of nitrogens with zero attached hydrogens (tertiary/aromatic N) is 2. The highest BCUT2D eigenvalue weighted by Crippen LogP contribution is 2.33. The Morgan fingerprint density at radius 3 is 2.08 bits per heavy atom. The molecule has 2 saturated heterocycles. The Bertz CT molecular complexity index is 1350. The topological polar surface area (TPSA) is 107 Å². The normalized spacial score (nSPS) is 18.6. The largest absolute Gasteiger partial charge is 0.480 e. The smallest absolute Gasteiger partial charge is 0.321 e. The minimum absolute atomic E-state index is 0.0236. The third-order valence-corrected chi connectivity index (χ3v) is 8.19. The number of hydrogen-bond acceptors (Lipinski definition) is 5. The predicted molar refractivity (Wildman–Crippen MR) is 145 cm³/mol. The fraction of sp³-hybridized carbons (Fsp3) is 0.429. The van der Waals surface area contributed by atoms with Crippen LogP contribution >= 0.6 is 0 Å². The summed E-state index contributed by atoms with van der Waals surface area (Å²) in [6.07, 6.45) is 6.05. The summed E-state index contributed by atoms with van der Waals surface area (Å²) in [6, 6.07) is 8.19. The van der Waals surface area contributed by atoms with Crippen molar-refractivity contribution in [1.82, 2.24) is 9.80 Å². The molecule has 12 heteroatoms. The van der Waals surface area contributed by atoms with Crippen molar-refractivity contribution in [2.45, 2.75) is 37.6 Å². The average Bonchev–Trinajstić information content (AvgIpc) is 2.90. The zero-order chi connectivity index (χ0) is 29.0. The van der Waals surface area contributed by atoms with Crippen LogP contribution in [0.5, 0.6) is 0 Å². The molecule has 0 aliphatic carbocycles. The van der Waals surface area contributed by atoms with Gasteiger partial charge in [0.1, 0.15) is 6.04 Å². The Morgan fingerprint density at radius 1 is 0.975 bits per heavy atom. The number of benzene rings is 2. The highest BCUT2D eigenvalue weighted by molar-refractivity contribution is 7.92. The summed E-state index contributed by atoms with van der Waals surface area (Å²) >= 11 is 0. The molecule has 2 aromatic rings. The van der Waals surface area contributed by atoms with E-state index in [2.05, 4.69) is 4.72 Å². The van der Waals surface area contributed by atoms with Gasteiger partial charge in [-0.1, -0.05) is 12.1 Å². The number of likely N-dealkylation sites (tertiary alicyclic amines) is 2. The van der Waals surface area contributed by atoms with Gasteiger partial charge in [-0.25, -0.2) is 21.6 Å². The molecule has 2 fully saturated rings. The van der Waals surface area contributed by atoms with E-state index < -0.39 is 39.5 Å². The molecule has 2 aliphatic heterocycles. The Hall–Kier alpha value is -3.38. The van der Waals surface area contributed by atoms with Gasteiger partial charge in [-0.2, -0.15) is 0 Å². The summed E-state index contributed by atoms with van der Waals surface area (Å²) in [5.74, 6) is -5.39. The summed E-state index contributed by atoms with van der Waals surface area (Å²) in [6.45, 7) is 1.93. The van der Waals surface area contributed by atoms with E-state index in [0.717, 1.165) is 36.8 Å². The van der Waals surface area contributed by atoms with E-state index in [-0.39, 0.29) is 23.3 Å². The second-order valence-electron chi connectivity index (χ2n) is 10.4. The lowest BCUT2D eigenvalue weighted by atomic mass is 9.84. The van der Waals surface area contributed by atoms with Crippen molar-refractivity contribution in [3.63, 3.8) is 0 Å². The maximum Gasteiger partial charge on any atom is 0.321 e. The molecule has 0 saturated carbocycles. The van der Waals surface area contributed by atoms with Crippen LogP contribution in [-0.4, -0.2) is 73.7 Å². The van der Waals surface area contributed by atoms with Gasteiger partial charge in [0.05, 0.1) is 6.26 Å². The molecule has 2 N–H and O–H groups in total. The quantitative estimate of drug-likeness (QED) is 0.361. The SMILES string of the molecule is CS(=O)(=O)Nc1ccc(C2CCN(C(C(=O)O)C3CCN(C(=O)C=Cc4cc(F)c(F)c(F)c4)CC3)CC2)cc1. The first-order valence-corrected chi connectivity index (χ1v) is 15.0. The van der Waals surface area contributed by atoms with Crippen LogP contribution in [-0.2, 0) is 19.6 Å². The molecule has 8 nitrogen and oxygen atoms in total. The molecule has 0 aromatic heterocycles. The number of aliphatic carboxylic acids is 1. The van der Waals surface area contributed by atoms with Crippen molar-refractivity contribution in [3.05, 3.63) is 71.1 Å². The number of carboxylic acids is 1. The molecule has 1 amide bonds. The molecule has 2 heterocycles. The van der Waals surface area contributed by atoms with Gasteiger partial charge in [0.15, 0.2) is 17.5 Å². The summed E-state index contributed by atoms with van der Waals surface area (Å²) in [5, 5.41) is 10.1. The van der Waals surface area contributed by atoms with Crippen LogP contribution in [0.1, 0.15) is 42.7 Å². The van der Waals surface area contributed by atoms with Gasteiger partial charge in [0.25, 0.3) is 0 Å². The van der Waals surface area contributed by atoms with Crippen LogP contribution in [0.3, 0.4) is 0 Å². The second-order valence-corrected chi connectivity index (χ2v) is 12.1. The highest BCUT2D eigenvalue weighted by atomic mass is 32.2. The number of carbonyl (C=O) groups excluding carboxylic acids is 1. The van der Waals surface area contributed by atoms with Gasteiger partial charge in [-0.3, -0.25) is 19.2 Å². The zero-order valence-electron chi connectivity index (χ0n) is 22.0. The number of rotatable bonds is 8. The standard InChI is InChI=1S/C28H32F3N3O5S/c1-40(38,39)32-22-5-3-19(4-6-22)20-8-14-34(15-9-20)27(28(36)37)21-10-12-33(13-11-21)25(35)7-2-18-16-23(29)26(31)24(30)17-18/h2-7,16-17,20-21,27,32H,8-15H2,1H3,(H,36,37). The number of carboxylic acid groups (broad SMARTS) is 1. The fourth-order valence-corrected chi connectivity index (χ4v) is 6.15. The van der Waals surface area contributed by atoms with Crippen molar-refractivity contribution in [2.75, 3.05) is 37.2 Å². The molecule has 2 aliphatic rings. The molecule has 40 heavy (non-hydrogen) atoms. The second kappa shape index (κ2) is 12.4. The van der Waals surface area contributed by atoms with Gasteiger partial charge in [-0.15, -0.1) is 0 Å². The van der Waals surface area contributed by atoms with Crippen molar-refractivity contribution in [1.29, 1.82) is 0 Å². The van der Waals surface area contributed by atoms with E-state index in [1.807, 2.05) is 17.0 Å². The van der Waals surface area contributed by atoms with Crippen LogP contribution in [0.15, 0.2) is 42.5 Å². The number of hydrogen-bond donors (Lipinski definition) is 2. The molecule has 1 atom stereocenters. The molecule has 1 unspecified atom stereocenters. The maximum atomic E-state index is 13.4. The highest BCUT2D eigenvalue weighted by Gasteiger charge is 2.38. The minimum atomic E-state index is -3.35. The Morgan fingerprint density at radius 2 is 1.55 bits per heavy atom. The lowest BCUT2D eigenvalue weighted by molar-refractivity contribution is -0.147. The van der Waals surface area contributed by atoms with Crippen molar-refractivity contribution in [2.24, 2.45) is 5.92 Å². The number of sulfonamides is 1. The number of amides is 1. The first kappa shape index (κ1) is 29.6. The van der Waals surface area contributed by atoms with E-state index in [4.69, 9.17) is 0 Å². The molecular weight excluding hydrogens is 547 g/mol. The first-order chi connectivity index (χ1) is 18.9. The monoisotopic (exact) mass is 579 g/mol. The zero-order valence-corrected chi connectivity index (χ0v) is 22.8. The first-order valence-electron chi connectivity index (χ1n) is 13.1. The third kappa shape index (κ3) is 7.42. The van der Waals surface area contributed by atoms with Gasteiger partial charge >= 0.3 is 5.97 Å². The van der Waals surface area contributed by atoms with Crippen LogP contribution < -0.4 is 4.72 Å². The molecule has 4 rings (SSSR count). The Balaban J connectivity index is 1.30. The Labute approximate surface area is 231 Å². The van der Waals surface area contributed by atoms with Crippen LogP contribution in [0.2, 0.25) is 0 Å². The molecule has 0 spiro atoms. The fourth-order valence-electron chi connectivity index (χ4n) is 5.58. The predicted octanol–water partition coefficient (Wildman–Crippen LogP) is 4.06. The molecular formula is C28H32F3N3O5S. The van der Waals surface area contributed by atoms with Crippen molar-refractivity contribution < 1.29 is 36.3 Å². The minimum Gasteiger partial charge on any atom is -0.480 e. The van der Waals surface area contributed by atoms with Crippen LogP contribution in [0, 0.1) is 23.4 Å². The van der Waals surface area contributed by atoms with E-state index in [1.54, 1.807) is 17.0 Å². The van der Waals surface area contributed by atoms with Crippen molar-refractivity contribution >= 4 is 33.7 Å². The third-order valence-electron chi connectivity index (χ3n) is 7.58. The number of halogens is 3. The molecule has 216 valence electrons. The maximum absolute atomic E-state index is 13.4. The van der Waals surface area contributed by atoms with Gasteiger partial charge in [-0.05, 0) is 92.1 Å². The number of piperidine rings is 2. The summed E-state index contributed by atoms with van der Waals surface area (Å²) in [4.78, 5) is 28.4. The number of nitrogens with one attached hydrogen (secondary N) is 1. The number of carbonyl (C=O) groups is 2. The van der Waals surface area contributed by atoms with Crippen LogP contribution in [0.25, 0.3) is 6.08 Å². The average molecular weight is 580 g/mol. The summed E-state index contributed by atoms with van der Waals surface area (Å²) < 4.78 is 65.2. The van der Waals surface area contributed by atoms with E-state index in [9.17, 15) is 36.3 Å². The molecule has 0 bridgehead atoms.